The molecule has 0 spiro atoms. The average Bonchev–Trinajstić information content (AvgIpc) is 2.90. The highest BCUT2D eigenvalue weighted by atomic mass is 16.5. The first-order valence-electron chi connectivity index (χ1n) is 7.37. The van der Waals surface area contributed by atoms with Crippen LogP contribution >= 0.6 is 0 Å². The summed E-state index contributed by atoms with van der Waals surface area (Å²) in [4.78, 5) is 31.4. The number of rotatable bonds is 6. The van der Waals surface area contributed by atoms with E-state index in [4.69, 9.17) is 7.85 Å². The number of H-pyrrole nitrogens is 1. The van der Waals surface area contributed by atoms with E-state index in [0.717, 1.165) is 6.42 Å². The van der Waals surface area contributed by atoms with E-state index < -0.39 is 6.09 Å². The summed E-state index contributed by atoms with van der Waals surface area (Å²) in [6.45, 7) is 7.00. The molecule has 2 amide bonds. The number of carbonyl (C=O) groups is 2. The highest BCUT2D eigenvalue weighted by Gasteiger charge is 2.15. The Labute approximate surface area is 133 Å². The van der Waals surface area contributed by atoms with Crippen LogP contribution in [0.15, 0.2) is 6.20 Å². The summed E-state index contributed by atoms with van der Waals surface area (Å²) in [5, 5.41) is 2.35. The second kappa shape index (κ2) is 11.7. The third-order valence-electron chi connectivity index (χ3n) is 2.40. The van der Waals surface area contributed by atoms with Gasteiger partial charge in [0, 0.05) is 12.7 Å². The van der Waals surface area contributed by atoms with Gasteiger partial charge in [-0.05, 0) is 12.0 Å². The molecule has 0 unspecified atom stereocenters. The Hall–Kier alpha value is -1.99. The Balaban J connectivity index is 0.00000135. The van der Waals surface area contributed by atoms with Gasteiger partial charge in [-0.25, -0.2) is 9.78 Å². The summed E-state index contributed by atoms with van der Waals surface area (Å²) in [5.74, 6) is 0.402. The highest BCUT2D eigenvalue weighted by Crippen LogP contribution is 2.00. The lowest BCUT2D eigenvalue weighted by atomic mass is 10.1. The zero-order chi connectivity index (χ0) is 17.0. The van der Waals surface area contributed by atoms with Crippen molar-refractivity contribution in [1.82, 2.24) is 20.2 Å². The van der Waals surface area contributed by atoms with Crippen LogP contribution in [0.3, 0.4) is 0 Å². The summed E-state index contributed by atoms with van der Waals surface area (Å²) >= 11 is 0. The third kappa shape index (κ3) is 8.33. The van der Waals surface area contributed by atoms with Gasteiger partial charge in [0.25, 0.3) is 0 Å². The Morgan fingerprint density at radius 2 is 2.05 bits per heavy atom. The summed E-state index contributed by atoms with van der Waals surface area (Å²) < 4.78 is 4.41. The van der Waals surface area contributed by atoms with Crippen molar-refractivity contribution in [3.05, 3.63) is 12.0 Å². The van der Waals surface area contributed by atoms with Gasteiger partial charge in [0.05, 0.1) is 13.7 Å². The molecule has 0 saturated heterocycles. The molecule has 7 nitrogen and oxygen atoms in total. The van der Waals surface area contributed by atoms with Crippen molar-refractivity contribution in [2.24, 2.45) is 0 Å². The topological polar surface area (TPSA) is 87.3 Å². The number of imidazole rings is 1. The fraction of sp³-hybridized carbons (Fsp3) is 0.643. The minimum absolute atomic E-state index is 0.108. The van der Waals surface area contributed by atoms with Gasteiger partial charge in [0.1, 0.15) is 20.2 Å². The van der Waals surface area contributed by atoms with Crippen LogP contribution in [0.1, 0.15) is 39.4 Å². The lowest BCUT2D eigenvalue weighted by molar-refractivity contribution is -0.130. The van der Waals surface area contributed by atoms with Crippen molar-refractivity contribution in [1.29, 1.82) is 0 Å². The molecule has 0 fully saturated rings. The van der Waals surface area contributed by atoms with Crippen molar-refractivity contribution in [3.8, 4) is 0 Å². The number of aromatic nitrogens is 2. The van der Waals surface area contributed by atoms with Gasteiger partial charge in [-0.1, -0.05) is 27.2 Å². The number of aromatic amines is 1. The zero-order valence-corrected chi connectivity index (χ0v) is 13.8. The molecule has 1 aromatic rings. The SMILES string of the molecule is CCC.[B]c1cnc(CN(CCC)C(=O)CNC(=O)OC)[nH]1. The fourth-order valence-electron chi connectivity index (χ4n) is 1.53. The molecule has 22 heavy (non-hydrogen) atoms. The van der Waals surface area contributed by atoms with E-state index in [1.807, 2.05) is 6.92 Å². The minimum atomic E-state index is -0.632. The molecule has 0 atom stereocenters. The average molecular weight is 308 g/mol. The molecule has 2 N–H and O–H groups in total. The minimum Gasteiger partial charge on any atom is -0.453 e. The van der Waals surface area contributed by atoms with E-state index in [9.17, 15) is 9.59 Å². The largest absolute Gasteiger partial charge is 0.453 e. The molecule has 122 valence electrons. The summed E-state index contributed by atoms with van der Waals surface area (Å²) in [6, 6.07) is 0. The van der Waals surface area contributed by atoms with Crippen LogP contribution < -0.4 is 10.9 Å². The van der Waals surface area contributed by atoms with Crippen LogP contribution in [-0.4, -0.2) is 54.9 Å². The molecule has 1 rings (SSSR count). The standard InChI is InChI=1S/C11H17BN4O3.C3H8/c1-3-4-16(7-9-13-5-8(12)15-9)10(17)6-14-11(18)19-2;1-3-2/h5H,3-4,6-7H2,1-2H3,(H,13,15)(H,14,18);3H2,1-2H3. The Morgan fingerprint density at radius 1 is 1.41 bits per heavy atom. The van der Waals surface area contributed by atoms with E-state index >= 15 is 0 Å². The third-order valence-corrected chi connectivity index (χ3v) is 2.40. The van der Waals surface area contributed by atoms with E-state index in [0.29, 0.717) is 24.5 Å². The maximum Gasteiger partial charge on any atom is 0.407 e. The van der Waals surface area contributed by atoms with Crippen LogP contribution in [0.2, 0.25) is 0 Å². The first-order valence-corrected chi connectivity index (χ1v) is 7.37. The second-order valence-electron chi connectivity index (χ2n) is 4.65. The normalized spacial score (nSPS) is 9.45. The second-order valence-corrected chi connectivity index (χ2v) is 4.65. The maximum atomic E-state index is 11.9. The number of ether oxygens (including phenoxy) is 1. The molecule has 2 radical (unpaired) electrons. The van der Waals surface area contributed by atoms with Crippen molar-refractivity contribution >= 4 is 25.4 Å². The molecule has 8 heteroatoms. The molecule has 0 aliphatic rings. The molecule has 0 aliphatic heterocycles. The Morgan fingerprint density at radius 3 is 2.50 bits per heavy atom. The molecule has 0 saturated carbocycles. The van der Waals surface area contributed by atoms with Crippen LogP contribution in [-0.2, 0) is 16.1 Å². The molecule has 0 bridgehead atoms. The quantitative estimate of drug-likeness (QED) is 0.758. The number of amides is 2. The molecular formula is C14H25BN4O3. The number of nitrogens with zero attached hydrogens (tertiary/aromatic N) is 2. The van der Waals surface area contributed by atoms with Crippen molar-refractivity contribution in [2.45, 2.75) is 40.2 Å². The Bertz CT molecular complexity index is 451. The van der Waals surface area contributed by atoms with E-state index in [-0.39, 0.29) is 12.5 Å². The maximum absolute atomic E-state index is 11.9. The monoisotopic (exact) mass is 308 g/mol. The van der Waals surface area contributed by atoms with E-state index in [1.54, 1.807) is 4.90 Å². The number of hydrogen-bond acceptors (Lipinski definition) is 4. The first-order chi connectivity index (χ1) is 10.5. The van der Waals surface area contributed by atoms with Gasteiger partial charge in [0.15, 0.2) is 0 Å². The van der Waals surface area contributed by atoms with Gasteiger partial charge in [-0.3, -0.25) is 4.79 Å². The van der Waals surface area contributed by atoms with Crippen molar-refractivity contribution < 1.29 is 14.3 Å². The molecule has 1 heterocycles. The summed E-state index contributed by atoms with van der Waals surface area (Å²) in [5.41, 5.74) is 0.451. The highest BCUT2D eigenvalue weighted by molar-refractivity contribution is 6.30. The first kappa shape index (κ1) is 20.0. The number of hydrogen-bond donors (Lipinski definition) is 2. The number of nitrogens with one attached hydrogen (secondary N) is 2. The van der Waals surface area contributed by atoms with Gasteiger partial charge >= 0.3 is 6.09 Å². The van der Waals surface area contributed by atoms with Crippen molar-refractivity contribution in [3.63, 3.8) is 0 Å². The zero-order valence-electron chi connectivity index (χ0n) is 13.8. The predicted octanol–water partition coefficient (Wildman–Crippen LogP) is 0.714. The molecular weight excluding hydrogens is 283 g/mol. The van der Waals surface area contributed by atoms with Gasteiger partial charge in [-0.15, -0.1) is 0 Å². The van der Waals surface area contributed by atoms with Crippen molar-refractivity contribution in [2.75, 3.05) is 20.2 Å². The molecule has 0 aromatic carbocycles. The van der Waals surface area contributed by atoms with Gasteiger partial charge in [-0.2, -0.15) is 0 Å². The number of alkyl carbamates (subject to hydrolysis) is 1. The Kier molecular flexibility index (Phi) is 10.6. The fourth-order valence-corrected chi connectivity index (χ4v) is 1.53. The lowest BCUT2D eigenvalue weighted by Gasteiger charge is -2.21. The summed E-state index contributed by atoms with van der Waals surface area (Å²) in [6.07, 6.45) is 2.92. The summed E-state index contributed by atoms with van der Waals surface area (Å²) in [7, 11) is 6.77. The van der Waals surface area contributed by atoms with Crippen LogP contribution in [0, 0.1) is 0 Å². The van der Waals surface area contributed by atoms with E-state index in [2.05, 4.69) is 33.9 Å². The van der Waals surface area contributed by atoms with Gasteiger partial charge < -0.3 is 19.9 Å². The van der Waals surface area contributed by atoms with Crippen LogP contribution in [0.4, 0.5) is 4.79 Å². The number of methoxy groups -OCH3 is 1. The number of carbonyl (C=O) groups excluding carboxylic acids is 2. The lowest BCUT2D eigenvalue weighted by Crippen LogP contribution is -2.40. The smallest absolute Gasteiger partial charge is 0.407 e. The molecule has 1 aromatic heterocycles. The van der Waals surface area contributed by atoms with E-state index in [1.165, 1.54) is 19.7 Å². The van der Waals surface area contributed by atoms with Gasteiger partial charge in [0.2, 0.25) is 5.91 Å². The van der Waals surface area contributed by atoms with Crippen LogP contribution in [0.5, 0.6) is 0 Å². The van der Waals surface area contributed by atoms with Crippen LogP contribution in [0.25, 0.3) is 0 Å². The molecule has 0 aliphatic carbocycles. The predicted molar refractivity (Wildman–Crippen MR) is 86.1 cm³/mol.